The summed E-state index contributed by atoms with van der Waals surface area (Å²) < 4.78 is 10.6. The lowest BCUT2D eigenvalue weighted by Gasteiger charge is -2.24. The van der Waals surface area contributed by atoms with Crippen molar-refractivity contribution in [2.75, 3.05) is 20.8 Å². The van der Waals surface area contributed by atoms with Crippen LogP contribution in [-0.2, 0) is 0 Å². The standard InChI is InChI=1S/C15H25NO2/c1-6-13(16-7-2)11(3)12-8-9-14(17-4)15(10-12)18-5/h8-11,13,16H,6-7H2,1-5H3. The van der Waals surface area contributed by atoms with Gasteiger partial charge >= 0.3 is 0 Å². The van der Waals surface area contributed by atoms with Gasteiger partial charge in [0.15, 0.2) is 11.5 Å². The summed E-state index contributed by atoms with van der Waals surface area (Å²) in [7, 11) is 3.34. The van der Waals surface area contributed by atoms with Crippen molar-refractivity contribution in [2.24, 2.45) is 0 Å². The average molecular weight is 251 g/mol. The third-order valence-corrected chi connectivity index (χ3v) is 3.44. The van der Waals surface area contributed by atoms with Crippen molar-refractivity contribution < 1.29 is 9.47 Å². The van der Waals surface area contributed by atoms with Gasteiger partial charge in [-0.2, -0.15) is 0 Å². The maximum atomic E-state index is 5.35. The lowest BCUT2D eigenvalue weighted by molar-refractivity contribution is 0.353. The van der Waals surface area contributed by atoms with E-state index in [4.69, 9.17) is 9.47 Å². The summed E-state index contributed by atoms with van der Waals surface area (Å²) in [5.74, 6) is 2.04. The van der Waals surface area contributed by atoms with Crippen LogP contribution in [0.15, 0.2) is 18.2 Å². The lowest BCUT2D eigenvalue weighted by atomic mass is 9.91. The van der Waals surface area contributed by atoms with Crippen molar-refractivity contribution in [1.82, 2.24) is 5.32 Å². The zero-order chi connectivity index (χ0) is 13.5. The van der Waals surface area contributed by atoms with Gasteiger partial charge in [-0.25, -0.2) is 0 Å². The molecule has 0 bridgehead atoms. The molecule has 2 unspecified atom stereocenters. The van der Waals surface area contributed by atoms with Crippen molar-refractivity contribution in [3.63, 3.8) is 0 Å². The van der Waals surface area contributed by atoms with E-state index < -0.39 is 0 Å². The van der Waals surface area contributed by atoms with Crippen LogP contribution in [0.3, 0.4) is 0 Å². The second-order valence-electron chi connectivity index (χ2n) is 4.48. The van der Waals surface area contributed by atoms with Crippen molar-refractivity contribution in [3.8, 4) is 11.5 Å². The van der Waals surface area contributed by atoms with Gasteiger partial charge in [0.1, 0.15) is 0 Å². The zero-order valence-corrected chi connectivity index (χ0v) is 12.1. The molecule has 0 saturated heterocycles. The molecular formula is C15H25NO2. The van der Waals surface area contributed by atoms with E-state index in [-0.39, 0.29) is 0 Å². The highest BCUT2D eigenvalue weighted by molar-refractivity contribution is 5.44. The third kappa shape index (κ3) is 3.39. The minimum absolute atomic E-state index is 0.453. The van der Waals surface area contributed by atoms with Gasteiger partial charge in [-0.05, 0) is 36.6 Å². The Bertz CT molecular complexity index is 366. The largest absolute Gasteiger partial charge is 0.493 e. The zero-order valence-electron chi connectivity index (χ0n) is 12.1. The van der Waals surface area contributed by atoms with Crippen LogP contribution in [0.25, 0.3) is 0 Å². The van der Waals surface area contributed by atoms with Gasteiger partial charge in [0.05, 0.1) is 14.2 Å². The molecule has 0 radical (unpaired) electrons. The van der Waals surface area contributed by atoms with E-state index in [9.17, 15) is 0 Å². The van der Waals surface area contributed by atoms with Crippen LogP contribution < -0.4 is 14.8 Å². The third-order valence-electron chi connectivity index (χ3n) is 3.44. The van der Waals surface area contributed by atoms with Crippen LogP contribution in [-0.4, -0.2) is 26.8 Å². The van der Waals surface area contributed by atoms with Gasteiger partial charge in [-0.3, -0.25) is 0 Å². The number of nitrogens with one attached hydrogen (secondary N) is 1. The van der Waals surface area contributed by atoms with Crippen molar-refractivity contribution in [2.45, 2.75) is 39.2 Å². The molecule has 0 fully saturated rings. The topological polar surface area (TPSA) is 30.5 Å². The Labute approximate surface area is 110 Å². The molecule has 3 heteroatoms. The first-order valence-electron chi connectivity index (χ1n) is 6.63. The molecule has 0 heterocycles. The van der Waals surface area contributed by atoms with E-state index in [2.05, 4.69) is 38.2 Å². The Morgan fingerprint density at radius 3 is 2.28 bits per heavy atom. The quantitative estimate of drug-likeness (QED) is 0.807. The van der Waals surface area contributed by atoms with E-state index >= 15 is 0 Å². The molecule has 0 amide bonds. The fraction of sp³-hybridized carbons (Fsp3) is 0.600. The summed E-state index contributed by atoms with van der Waals surface area (Å²) in [5.41, 5.74) is 1.28. The molecule has 1 aromatic rings. The molecule has 0 saturated carbocycles. The SMILES string of the molecule is CCNC(CC)C(C)c1ccc(OC)c(OC)c1. The molecule has 0 aromatic heterocycles. The predicted molar refractivity (Wildman–Crippen MR) is 75.7 cm³/mol. The number of rotatable bonds is 7. The summed E-state index contributed by atoms with van der Waals surface area (Å²) in [4.78, 5) is 0. The first-order chi connectivity index (χ1) is 8.67. The van der Waals surface area contributed by atoms with E-state index in [0.29, 0.717) is 12.0 Å². The van der Waals surface area contributed by atoms with Crippen LogP contribution in [0.4, 0.5) is 0 Å². The number of hydrogen-bond acceptors (Lipinski definition) is 3. The second kappa shape index (κ2) is 7.27. The van der Waals surface area contributed by atoms with Gasteiger partial charge in [-0.1, -0.05) is 26.8 Å². The molecular weight excluding hydrogens is 226 g/mol. The Balaban J connectivity index is 2.94. The maximum Gasteiger partial charge on any atom is 0.160 e. The molecule has 1 N–H and O–H groups in total. The van der Waals surface area contributed by atoms with Gasteiger partial charge in [0.2, 0.25) is 0 Å². The molecule has 1 aromatic carbocycles. The smallest absolute Gasteiger partial charge is 0.160 e. The van der Waals surface area contributed by atoms with Gasteiger partial charge in [0.25, 0.3) is 0 Å². The highest BCUT2D eigenvalue weighted by Crippen LogP contribution is 2.32. The fourth-order valence-corrected chi connectivity index (χ4v) is 2.31. The predicted octanol–water partition coefficient (Wildman–Crippen LogP) is 3.20. The summed E-state index contributed by atoms with van der Waals surface area (Å²) >= 11 is 0. The first kappa shape index (κ1) is 14.8. The van der Waals surface area contributed by atoms with Gasteiger partial charge in [-0.15, -0.1) is 0 Å². The molecule has 3 nitrogen and oxygen atoms in total. The van der Waals surface area contributed by atoms with Crippen LogP contribution >= 0.6 is 0 Å². The van der Waals surface area contributed by atoms with Gasteiger partial charge < -0.3 is 14.8 Å². The first-order valence-corrected chi connectivity index (χ1v) is 6.63. The number of benzene rings is 1. The van der Waals surface area contributed by atoms with E-state index in [1.165, 1.54) is 5.56 Å². The number of likely N-dealkylation sites (N-methyl/N-ethyl adjacent to an activating group) is 1. The Hall–Kier alpha value is -1.22. The molecule has 102 valence electrons. The summed E-state index contributed by atoms with van der Waals surface area (Å²) in [6, 6.07) is 6.66. The molecule has 0 aliphatic rings. The monoisotopic (exact) mass is 251 g/mol. The molecule has 2 atom stereocenters. The van der Waals surface area contributed by atoms with E-state index in [0.717, 1.165) is 24.5 Å². The van der Waals surface area contributed by atoms with Gasteiger partial charge in [0, 0.05) is 6.04 Å². The number of ether oxygens (including phenoxy) is 2. The summed E-state index contributed by atoms with van der Waals surface area (Å²) in [6.45, 7) is 7.60. The van der Waals surface area contributed by atoms with E-state index in [1.807, 2.05) is 6.07 Å². The Morgan fingerprint density at radius 2 is 1.78 bits per heavy atom. The minimum atomic E-state index is 0.453. The van der Waals surface area contributed by atoms with Crippen molar-refractivity contribution in [1.29, 1.82) is 0 Å². The highest BCUT2D eigenvalue weighted by Gasteiger charge is 2.17. The second-order valence-corrected chi connectivity index (χ2v) is 4.48. The molecule has 18 heavy (non-hydrogen) atoms. The molecule has 0 spiro atoms. The molecule has 1 rings (SSSR count). The van der Waals surface area contributed by atoms with Crippen LogP contribution in [0.5, 0.6) is 11.5 Å². The summed E-state index contributed by atoms with van der Waals surface area (Å²) in [6.07, 6.45) is 1.11. The molecule has 0 aliphatic heterocycles. The lowest BCUT2D eigenvalue weighted by Crippen LogP contribution is -2.32. The Morgan fingerprint density at radius 1 is 1.11 bits per heavy atom. The number of hydrogen-bond donors (Lipinski definition) is 1. The number of methoxy groups -OCH3 is 2. The van der Waals surface area contributed by atoms with Crippen molar-refractivity contribution in [3.05, 3.63) is 23.8 Å². The van der Waals surface area contributed by atoms with Crippen LogP contribution in [0, 0.1) is 0 Å². The fourth-order valence-electron chi connectivity index (χ4n) is 2.31. The normalized spacial score (nSPS) is 14.1. The van der Waals surface area contributed by atoms with Crippen LogP contribution in [0.1, 0.15) is 38.7 Å². The maximum absolute atomic E-state index is 5.35. The Kier molecular flexibility index (Phi) is 5.99. The van der Waals surface area contributed by atoms with Crippen LogP contribution in [0.2, 0.25) is 0 Å². The summed E-state index contributed by atoms with van der Waals surface area (Å²) in [5, 5.41) is 3.52. The van der Waals surface area contributed by atoms with Crippen molar-refractivity contribution >= 4 is 0 Å². The highest BCUT2D eigenvalue weighted by atomic mass is 16.5. The minimum Gasteiger partial charge on any atom is -0.493 e. The van der Waals surface area contributed by atoms with E-state index in [1.54, 1.807) is 14.2 Å². The average Bonchev–Trinajstić information content (AvgIpc) is 2.43. The molecule has 0 aliphatic carbocycles.